The standard InChI is InChI=1S/C10H12N6OS2/c1-5(17)13-3-8-14-2-7(19-8)6-4-18-10(15-6)16-9(11)12/h2,4H,3H2,1H3,(H,13,17)(H4,11,12,15,16). The Morgan fingerprint density at radius 3 is 3.00 bits per heavy atom. The number of amides is 1. The molecule has 0 saturated carbocycles. The monoisotopic (exact) mass is 296 g/mol. The van der Waals surface area contributed by atoms with Crippen molar-refractivity contribution < 1.29 is 4.79 Å². The number of hydrogen-bond donors (Lipinski definition) is 3. The van der Waals surface area contributed by atoms with E-state index in [0.717, 1.165) is 15.6 Å². The molecular formula is C10H12N6OS2. The summed E-state index contributed by atoms with van der Waals surface area (Å²) in [6.07, 6.45) is 1.72. The molecule has 0 aliphatic carbocycles. The van der Waals surface area contributed by atoms with Crippen LogP contribution < -0.4 is 16.8 Å². The highest BCUT2D eigenvalue weighted by Gasteiger charge is 2.08. The van der Waals surface area contributed by atoms with Crippen LogP contribution in [0.25, 0.3) is 10.6 Å². The minimum atomic E-state index is -0.0829. The van der Waals surface area contributed by atoms with Crippen LogP contribution in [0.4, 0.5) is 5.13 Å². The molecule has 2 rings (SSSR count). The first-order valence-electron chi connectivity index (χ1n) is 5.29. The van der Waals surface area contributed by atoms with Gasteiger partial charge in [-0.2, -0.15) is 4.99 Å². The Morgan fingerprint density at radius 1 is 1.53 bits per heavy atom. The van der Waals surface area contributed by atoms with Gasteiger partial charge in [-0.3, -0.25) is 4.79 Å². The SMILES string of the molecule is CC(=O)NCc1ncc(-c2csc(N=C(N)N)n2)s1. The highest BCUT2D eigenvalue weighted by atomic mass is 32.1. The molecule has 2 aromatic heterocycles. The van der Waals surface area contributed by atoms with Gasteiger partial charge in [0, 0.05) is 18.5 Å². The first kappa shape index (κ1) is 13.4. The van der Waals surface area contributed by atoms with Crippen molar-refractivity contribution in [2.45, 2.75) is 13.5 Å². The molecule has 0 saturated heterocycles. The van der Waals surface area contributed by atoms with E-state index < -0.39 is 0 Å². The third-order valence-corrected chi connectivity index (χ3v) is 3.77. The summed E-state index contributed by atoms with van der Waals surface area (Å²) in [7, 11) is 0. The first-order valence-corrected chi connectivity index (χ1v) is 6.99. The van der Waals surface area contributed by atoms with Crippen LogP contribution >= 0.6 is 22.7 Å². The molecule has 7 nitrogen and oxygen atoms in total. The molecule has 0 unspecified atom stereocenters. The Morgan fingerprint density at radius 2 is 2.32 bits per heavy atom. The largest absolute Gasteiger partial charge is 0.370 e. The van der Waals surface area contributed by atoms with E-state index >= 15 is 0 Å². The molecule has 100 valence electrons. The van der Waals surface area contributed by atoms with Gasteiger partial charge < -0.3 is 16.8 Å². The van der Waals surface area contributed by atoms with Gasteiger partial charge >= 0.3 is 0 Å². The molecule has 2 aromatic rings. The molecule has 19 heavy (non-hydrogen) atoms. The molecule has 0 spiro atoms. The van der Waals surface area contributed by atoms with Crippen molar-refractivity contribution in [3.8, 4) is 10.6 Å². The third kappa shape index (κ3) is 3.73. The summed E-state index contributed by atoms with van der Waals surface area (Å²) in [5.74, 6) is -0.1000. The van der Waals surface area contributed by atoms with Gasteiger partial charge in [-0.15, -0.1) is 22.7 Å². The van der Waals surface area contributed by atoms with Crippen LogP contribution in [0.1, 0.15) is 11.9 Å². The van der Waals surface area contributed by atoms with E-state index in [1.165, 1.54) is 29.6 Å². The molecule has 0 aromatic carbocycles. The average Bonchev–Trinajstić information content (AvgIpc) is 2.93. The van der Waals surface area contributed by atoms with E-state index in [9.17, 15) is 4.79 Å². The van der Waals surface area contributed by atoms with Crippen molar-refractivity contribution in [1.82, 2.24) is 15.3 Å². The zero-order chi connectivity index (χ0) is 13.8. The van der Waals surface area contributed by atoms with Crippen LogP contribution in [0.2, 0.25) is 0 Å². The van der Waals surface area contributed by atoms with Crippen LogP contribution in [0.5, 0.6) is 0 Å². The molecule has 0 aliphatic heterocycles. The van der Waals surface area contributed by atoms with Crippen molar-refractivity contribution in [2.24, 2.45) is 16.5 Å². The number of aromatic nitrogens is 2. The van der Waals surface area contributed by atoms with Gasteiger partial charge in [0.1, 0.15) is 5.01 Å². The summed E-state index contributed by atoms with van der Waals surface area (Å²) in [6, 6.07) is 0. The summed E-state index contributed by atoms with van der Waals surface area (Å²) in [5.41, 5.74) is 11.4. The number of rotatable bonds is 4. The predicted molar refractivity (Wildman–Crippen MR) is 76.2 cm³/mol. The van der Waals surface area contributed by atoms with Gasteiger partial charge in [0.2, 0.25) is 11.0 Å². The van der Waals surface area contributed by atoms with Gasteiger partial charge in [0.25, 0.3) is 0 Å². The van der Waals surface area contributed by atoms with E-state index in [1.807, 2.05) is 5.38 Å². The molecule has 5 N–H and O–H groups in total. The maximum absolute atomic E-state index is 10.8. The second-order valence-corrected chi connectivity index (χ2v) is 5.53. The lowest BCUT2D eigenvalue weighted by Gasteiger charge is -1.95. The highest BCUT2D eigenvalue weighted by molar-refractivity contribution is 7.16. The van der Waals surface area contributed by atoms with Crippen LogP contribution in [0, 0.1) is 0 Å². The number of guanidine groups is 1. The van der Waals surface area contributed by atoms with E-state index in [-0.39, 0.29) is 11.9 Å². The lowest BCUT2D eigenvalue weighted by molar-refractivity contribution is -0.119. The molecule has 0 atom stereocenters. The number of carbonyl (C=O) groups is 1. The van der Waals surface area contributed by atoms with E-state index in [0.29, 0.717) is 11.7 Å². The maximum Gasteiger partial charge on any atom is 0.217 e. The average molecular weight is 296 g/mol. The Labute approximate surface area is 117 Å². The third-order valence-electron chi connectivity index (χ3n) is 2.01. The number of carbonyl (C=O) groups excluding carboxylic acids is 1. The Bertz CT molecular complexity index is 613. The molecule has 2 heterocycles. The summed E-state index contributed by atoms with van der Waals surface area (Å²) in [4.78, 5) is 24.1. The van der Waals surface area contributed by atoms with Crippen LogP contribution in [0.3, 0.4) is 0 Å². The summed E-state index contributed by atoms with van der Waals surface area (Å²) >= 11 is 2.82. The Kier molecular flexibility index (Phi) is 4.07. The fraction of sp³-hybridized carbons (Fsp3) is 0.200. The van der Waals surface area contributed by atoms with Gasteiger partial charge in [0.05, 0.1) is 17.1 Å². The lowest BCUT2D eigenvalue weighted by Crippen LogP contribution is -2.21. The molecule has 0 fully saturated rings. The molecule has 1 amide bonds. The van der Waals surface area contributed by atoms with Crippen molar-refractivity contribution in [3.63, 3.8) is 0 Å². The minimum Gasteiger partial charge on any atom is -0.370 e. The normalized spacial score (nSPS) is 10.2. The fourth-order valence-electron chi connectivity index (χ4n) is 1.25. The molecule has 0 radical (unpaired) electrons. The molecule has 0 bridgehead atoms. The number of aliphatic imine (C=N–C) groups is 1. The zero-order valence-corrected chi connectivity index (χ0v) is 11.7. The topological polar surface area (TPSA) is 119 Å². The number of nitrogens with two attached hydrogens (primary N) is 2. The van der Waals surface area contributed by atoms with E-state index in [1.54, 1.807) is 6.20 Å². The van der Waals surface area contributed by atoms with Gasteiger partial charge in [-0.05, 0) is 0 Å². The maximum atomic E-state index is 10.8. The molecule has 0 aliphatic rings. The number of nitrogens with zero attached hydrogens (tertiary/aromatic N) is 3. The van der Waals surface area contributed by atoms with Gasteiger partial charge in [0.15, 0.2) is 5.96 Å². The lowest BCUT2D eigenvalue weighted by atomic mass is 10.4. The number of hydrogen-bond acceptors (Lipinski definition) is 6. The van der Waals surface area contributed by atoms with E-state index in [2.05, 4.69) is 20.3 Å². The smallest absolute Gasteiger partial charge is 0.217 e. The number of thiazole rings is 2. The van der Waals surface area contributed by atoms with Crippen LogP contribution in [-0.4, -0.2) is 21.8 Å². The quantitative estimate of drug-likeness (QED) is 0.569. The van der Waals surface area contributed by atoms with Crippen molar-refractivity contribution in [3.05, 3.63) is 16.6 Å². The number of nitrogens with one attached hydrogen (secondary N) is 1. The Balaban J connectivity index is 2.12. The van der Waals surface area contributed by atoms with Gasteiger partial charge in [-0.1, -0.05) is 0 Å². The van der Waals surface area contributed by atoms with Crippen LogP contribution in [0.15, 0.2) is 16.6 Å². The predicted octanol–water partition coefficient (Wildman–Crippen LogP) is 0.808. The highest BCUT2D eigenvalue weighted by Crippen LogP contribution is 2.30. The second kappa shape index (κ2) is 5.76. The fourth-order valence-corrected chi connectivity index (χ4v) is 2.85. The van der Waals surface area contributed by atoms with E-state index in [4.69, 9.17) is 11.5 Å². The summed E-state index contributed by atoms with van der Waals surface area (Å²) in [6.45, 7) is 1.89. The summed E-state index contributed by atoms with van der Waals surface area (Å²) < 4.78 is 0. The summed E-state index contributed by atoms with van der Waals surface area (Å²) in [5, 5.41) is 5.88. The van der Waals surface area contributed by atoms with Crippen molar-refractivity contribution in [1.29, 1.82) is 0 Å². The van der Waals surface area contributed by atoms with Gasteiger partial charge in [-0.25, -0.2) is 9.97 Å². The first-order chi connectivity index (χ1) is 9.04. The minimum absolute atomic E-state index is 0.0171. The second-order valence-electron chi connectivity index (χ2n) is 3.58. The van der Waals surface area contributed by atoms with Crippen molar-refractivity contribution >= 4 is 39.7 Å². The van der Waals surface area contributed by atoms with Crippen molar-refractivity contribution in [2.75, 3.05) is 0 Å². The van der Waals surface area contributed by atoms with Crippen LogP contribution in [-0.2, 0) is 11.3 Å². The zero-order valence-electron chi connectivity index (χ0n) is 10.1. The Hall–Kier alpha value is -2.00. The molecular weight excluding hydrogens is 284 g/mol. The molecule has 9 heteroatoms.